The molecule has 2 saturated heterocycles. The SMILES string of the molecule is CC.CC(C)C1C2CCC(CN1C(C)C)N2. The Balaban J connectivity index is 0.000000606. The third-order valence-corrected chi connectivity index (χ3v) is 3.85. The van der Waals surface area contributed by atoms with Crippen LogP contribution in [0.25, 0.3) is 0 Å². The number of hydrogen-bond donors (Lipinski definition) is 1. The molecule has 0 amide bonds. The maximum atomic E-state index is 3.76. The number of fused-ring (bicyclic) bond motifs is 2. The average molecular weight is 226 g/mol. The van der Waals surface area contributed by atoms with Crippen LogP contribution < -0.4 is 5.32 Å². The van der Waals surface area contributed by atoms with Gasteiger partial charge in [0.25, 0.3) is 0 Å². The van der Waals surface area contributed by atoms with Crippen molar-refractivity contribution < 1.29 is 0 Å². The fourth-order valence-corrected chi connectivity index (χ4v) is 3.27. The summed E-state index contributed by atoms with van der Waals surface area (Å²) >= 11 is 0. The highest BCUT2D eigenvalue weighted by atomic mass is 15.3. The van der Waals surface area contributed by atoms with Crippen LogP contribution in [0.1, 0.15) is 54.4 Å². The predicted molar refractivity (Wildman–Crippen MR) is 71.8 cm³/mol. The second-order valence-corrected chi connectivity index (χ2v) is 5.57. The molecule has 3 unspecified atom stereocenters. The molecule has 0 aromatic rings. The lowest BCUT2D eigenvalue weighted by Crippen LogP contribution is -2.61. The van der Waals surface area contributed by atoms with Crippen LogP contribution in [0.5, 0.6) is 0 Å². The van der Waals surface area contributed by atoms with E-state index in [9.17, 15) is 0 Å². The van der Waals surface area contributed by atoms with Gasteiger partial charge in [0.15, 0.2) is 0 Å². The second kappa shape index (κ2) is 6.02. The number of hydrogen-bond acceptors (Lipinski definition) is 2. The van der Waals surface area contributed by atoms with E-state index < -0.39 is 0 Å². The molecule has 2 fully saturated rings. The summed E-state index contributed by atoms with van der Waals surface area (Å²) in [4.78, 5) is 2.71. The molecule has 2 rings (SSSR count). The first-order chi connectivity index (χ1) is 7.59. The molecule has 2 nitrogen and oxygen atoms in total. The van der Waals surface area contributed by atoms with Gasteiger partial charge in [-0.15, -0.1) is 0 Å². The van der Waals surface area contributed by atoms with Crippen molar-refractivity contribution in [1.29, 1.82) is 0 Å². The first-order valence-corrected chi connectivity index (χ1v) is 7.11. The minimum absolute atomic E-state index is 0.701. The standard InChI is InChI=1S/C12H24N2.C2H6/c1-8(2)12-11-6-5-10(13-11)7-14(12)9(3)4;1-2/h8-13H,5-7H2,1-4H3;1-2H3. The van der Waals surface area contributed by atoms with Gasteiger partial charge in [-0.2, -0.15) is 0 Å². The Bertz CT molecular complexity index is 201. The smallest absolute Gasteiger partial charge is 0.0275 e. The van der Waals surface area contributed by atoms with E-state index in [1.807, 2.05) is 13.8 Å². The zero-order chi connectivity index (χ0) is 12.3. The molecule has 0 saturated carbocycles. The number of piperazine rings is 1. The highest BCUT2D eigenvalue weighted by Crippen LogP contribution is 2.30. The third kappa shape index (κ3) is 2.78. The quantitative estimate of drug-likeness (QED) is 0.779. The van der Waals surface area contributed by atoms with Crippen LogP contribution in [0, 0.1) is 5.92 Å². The summed E-state index contributed by atoms with van der Waals surface area (Å²) in [6, 6.07) is 3.00. The minimum atomic E-state index is 0.701. The zero-order valence-corrected chi connectivity index (χ0v) is 12.0. The molecule has 2 bridgehead atoms. The van der Waals surface area contributed by atoms with Gasteiger partial charge in [0.05, 0.1) is 0 Å². The molecular formula is C14H30N2. The van der Waals surface area contributed by atoms with Crippen LogP contribution in [0.2, 0.25) is 0 Å². The van der Waals surface area contributed by atoms with Crippen LogP contribution in [-0.2, 0) is 0 Å². The molecule has 2 heterocycles. The maximum Gasteiger partial charge on any atom is 0.0275 e. The van der Waals surface area contributed by atoms with E-state index >= 15 is 0 Å². The molecule has 2 aliphatic rings. The summed E-state index contributed by atoms with van der Waals surface area (Å²) in [5, 5.41) is 3.76. The third-order valence-electron chi connectivity index (χ3n) is 3.85. The molecule has 0 spiro atoms. The van der Waals surface area contributed by atoms with Gasteiger partial charge in [0.2, 0.25) is 0 Å². The topological polar surface area (TPSA) is 15.3 Å². The zero-order valence-electron chi connectivity index (χ0n) is 12.0. The average Bonchev–Trinajstić information content (AvgIpc) is 2.62. The molecule has 1 N–H and O–H groups in total. The van der Waals surface area contributed by atoms with Crippen molar-refractivity contribution in [2.75, 3.05) is 6.54 Å². The number of nitrogens with one attached hydrogen (secondary N) is 1. The van der Waals surface area contributed by atoms with Crippen molar-refractivity contribution in [2.24, 2.45) is 5.92 Å². The van der Waals surface area contributed by atoms with Crippen LogP contribution in [0.3, 0.4) is 0 Å². The molecule has 16 heavy (non-hydrogen) atoms. The molecule has 2 heteroatoms. The number of rotatable bonds is 2. The molecule has 0 aromatic heterocycles. The molecule has 0 aromatic carbocycles. The van der Waals surface area contributed by atoms with Crippen molar-refractivity contribution in [3.63, 3.8) is 0 Å². The van der Waals surface area contributed by atoms with Gasteiger partial charge >= 0.3 is 0 Å². The Kier molecular flexibility index (Phi) is 5.26. The van der Waals surface area contributed by atoms with Crippen LogP contribution >= 0.6 is 0 Å². The Hall–Kier alpha value is -0.0800. The Morgan fingerprint density at radius 3 is 2.19 bits per heavy atom. The van der Waals surface area contributed by atoms with Gasteiger partial charge in [0, 0.05) is 30.7 Å². The van der Waals surface area contributed by atoms with Gasteiger partial charge in [-0.3, -0.25) is 4.90 Å². The van der Waals surface area contributed by atoms with E-state index in [0.717, 1.165) is 24.0 Å². The van der Waals surface area contributed by atoms with Gasteiger partial charge in [-0.05, 0) is 32.6 Å². The molecule has 0 radical (unpaired) electrons. The number of likely N-dealkylation sites (tertiary alicyclic amines) is 1. The maximum absolute atomic E-state index is 3.76. The van der Waals surface area contributed by atoms with E-state index in [2.05, 4.69) is 37.9 Å². The molecule has 0 aliphatic carbocycles. The molecule has 96 valence electrons. The largest absolute Gasteiger partial charge is 0.308 e. The normalized spacial score (nSPS) is 34.1. The summed E-state index contributed by atoms with van der Waals surface area (Å²) in [6.07, 6.45) is 2.77. The Morgan fingerprint density at radius 2 is 1.69 bits per heavy atom. The second-order valence-electron chi connectivity index (χ2n) is 5.57. The van der Waals surface area contributed by atoms with Crippen LogP contribution in [-0.4, -0.2) is 35.6 Å². The Labute approximate surface area is 102 Å². The lowest BCUT2D eigenvalue weighted by Gasteiger charge is -2.45. The van der Waals surface area contributed by atoms with Crippen LogP contribution in [0.4, 0.5) is 0 Å². The molecule has 3 atom stereocenters. The minimum Gasteiger partial charge on any atom is -0.308 e. The van der Waals surface area contributed by atoms with Gasteiger partial charge in [0.1, 0.15) is 0 Å². The lowest BCUT2D eigenvalue weighted by atomic mass is 9.92. The van der Waals surface area contributed by atoms with Crippen molar-refractivity contribution in [2.45, 2.75) is 78.6 Å². The molecular weight excluding hydrogens is 196 g/mol. The first kappa shape index (κ1) is 14.0. The van der Waals surface area contributed by atoms with Gasteiger partial charge < -0.3 is 5.32 Å². The Morgan fingerprint density at radius 1 is 1.06 bits per heavy atom. The van der Waals surface area contributed by atoms with E-state index in [1.54, 1.807) is 0 Å². The number of nitrogens with zero attached hydrogens (tertiary/aromatic N) is 1. The van der Waals surface area contributed by atoms with Crippen LogP contribution in [0.15, 0.2) is 0 Å². The predicted octanol–water partition coefficient (Wildman–Crippen LogP) is 2.88. The fraction of sp³-hybridized carbons (Fsp3) is 1.00. The van der Waals surface area contributed by atoms with Gasteiger partial charge in [-0.1, -0.05) is 27.7 Å². The first-order valence-electron chi connectivity index (χ1n) is 7.11. The highest BCUT2D eigenvalue weighted by molar-refractivity contribution is 5.01. The van der Waals surface area contributed by atoms with Crippen molar-refractivity contribution in [3.8, 4) is 0 Å². The summed E-state index contributed by atoms with van der Waals surface area (Å²) in [6.45, 7) is 14.7. The van der Waals surface area contributed by atoms with E-state index in [4.69, 9.17) is 0 Å². The summed E-state index contributed by atoms with van der Waals surface area (Å²) < 4.78 is 0. The summed E-state index contributed by atoms with van der Waals surface area (Å²) in [5.41, 5.74) is 0. The van der Waals surface area contributed by atoms with E-state index in [0.29, 0.717) is 6.04 Å². The highest BCUT2D eigenvalue weighted by Gasteiger charge is 2.41. The van der Waals surface area contributed by atoms with Crippen molar-refractivity contribution in [3.05, 3.63) is 0 Å². The van der Waals surface area contributed by atoms with E-state index in [-0.39, 0.29) is 0 Å². The summed E-state index contributed by atoms with van der Waals surface area (Å²) in [5.74, 6) is 0.772. The van der Waals surface area contributed by atoms with Crippen molar-refractivity contribution in [1.82, 2.24) is 10.2 Å². The van der Waals surface area contributed by atoms with Crippen molar-refractivity contribution >= 4 is 0 Å². The fourth-order valence-electron chi connectivity index (χ4n) is 3.27. The van der Waals surface area contributed by atoms with Gasteiger partial charge in [-0.25, -0.2) is 0 Å². The lowest BCUT2D eigenvalue weighted by molar-refractivity contribution is 0.0586. The molecule has 2 aliphatic heterocycles. The monoisotopic (exact) mass is 226 g/mol. The van der Waals surface area contributed by atoms with E-state index in [1.165, 1.54) is 19.4 Å². The summed E-state index contributed by atoms with van der Waals surface area (Å²) in [7, 11) is 0.